The van der Waals surface area contributed by atoms with Gasteiger partial charge in [-0.25, -0.2) is 0 Å². The number of aliphatic hydroxyl groups excluding tert-OH is 1. The molecule has 1 aliphatic rings. The Morgan fingerprint density at radius 3 is 1.75 bits per heavy atom. The minimum Gasteiger partial charge on any atom is -0.374 e. The van der Waals surface area contributed by atoms with Gasteiger partial charge in [0.2, 0.25) is 0 Å². The highest BCUT2D eigenvalue weighted by atomic mass is 16.6. The van der Waals surface area contributed by atoms with Crippen LogP contribution < -0.4 is 0 Å². The largest absolute Gasteiger partial charge is 0.374 e. The molecule has 0 amide bonds. The first-order valence-electron chi connectivity index (χ1n) is 11.0. The second-order valence-corrected chi connectivity index (χ2v) is 7.96. The zero-order chi connectivity index (χ0) is 22.0. The summed E-state index contributed by atoms with van der Waals surface area (Å²) in [5, 5.41) is 10.4. The summed E-state index contributed by atoms with van der Waals surface area (Å²) < 4.78 is 24.3. The van der Waals surface area contributed by atoms with E-state index in [9.17, 15) is 5.11 Å². The first-order valence-corrected chi connectivity index (χ1v) is 11.0. The molecular weight excluding hydrogens is 404 g/mol. The van der Waals surface area contributed by atoms with Gasteiger partial charge >= 0.3 is 0 Å². The molecule has 32 heavy (non-hydrogen) atoms. The summed E-state index contributed by atoms with van der Waals surface area (Å²) >= 11 is 0. The monoisotopic (exact) mass is 434 g/mol. The third-order valence-corrected chi connectivity index (χ3v) is 5.48. The molecule has 3 aromatic rings. The van der Waals surface area contributed by atoms with Crippen LogP contribution in [0.5, 0.6) is 0 Å². The van der Waals surface area contributed by atoms with Crippen LogP contribution in [0.15, 0.2) is 91.0 Å². The van der Waals surface area contributed by atoms with Crippen LogP contribution in [0.1, 0.15) is 23.1 Å². The molecule has 1 aliphatic heterocycles. The van der Waals surface area contributed by atoms with Gasteiger partial charge in [0.25, 0.3) is 0 Å². The average Bonchev–Trinajstić information content (AvgIpc) is 2.84. The van der Waals surface area contributed by atoms with E-state index in [2.05, 4.69) is 0 Å². The normalized spacial score (nSPS) is 23.2. The number of aliphatic hydroxyl groups is 1. The van der Waals surface area contributed by atoms with Crippen molar-refractivity contribution in [1.82, 2.24) is 0 Å². The molecule has 0 spiro atoms. The summed E-state index contributed by atoms with van der Waals surface area (Å²) in [6, 6.07) is 30.0. The van der Waals surface area contributed by atoms with E-state index in [-0.39, 0.29) is 12.2 Å². The predicted octanol–water partition coefficient (Wildman–Crippen LogP) is 4.48. The Morgan fingerprint density at radius 1 is 0.688 bits per heavy atom. The van der Waals surface area contributed by atoms with Gasteiger partial charge in [-0.1, -0.05) is 91.0 Å². The molecule has 5 heteroatoms. The lowest BCUT2D eigenvalue weighted by molar-refractivity contribution is -0.265. The topological polar surface area (TPSA) is 57.2 Å². The lowest BCUT2D eigenvalue weighted by atomic mass is 10.0. The van der Waals surface area contributed by atoms with Crippen LogP contribution in [-0.2, 0) is 38.8 Å². The van der Waals surface area contributed by atoms with E-state index >= 15 is 0 Å². The zero-order valence-corrected chi connectivity index (χ0v) is 18.1. The zero-order valence-electron chi connectivity index (χ0n) is 18.1. The van der Waals surface area contributed by atoms with E-state index < -0.39 is 12.4 Å². The summed E-state index contributed by atoms with van der Waals surface area (Å²) in [4.78, 5) is 0. The van der Waals surface area contributed by atoms with Gasteiger partial charge < -0.3 is 24.1 Å². The molecule has 1 fully saturated rings. The van der Waals surface area contributed by atoms with Crippen LogP contribution >= 0.6 is 0 Å². The predicted molar refractivity (Wildman–Crippen MR) is 122 cm³/mol. The maximum Gasteiger partial charge on any atom is 0.157 e. The Morgan fingerprint density at radius 2 is 1.19 bits per heavy atom. The molecule has 5 nitrogen and oxygen atoms in total. The van der Waals surface area contributed by atoms with Crippen LogP contribution in [0.3, 0.4) is 0 Å². The lowest BCUT2D eigenvalue weighted by Crippen LogP contribution is -2.52. The van der Waals surface area contributed by atoms with Gasteiger partial charge in [0.05, 0.1) is 32.5 Å². The first-order chi connectivity index (χ1) is 15.8. The first kappa shape index (κ1) is 22.6. The van der Waals surface area contributed by atoms with Crippen molar-refractivity contribution in [1.29, 1.82) is 0 Å². The Hall–Kier alpha value is -2.54. The van der Waals surface area contributed by atoms with E-state index in [1.807, 2.05) is 91.0 Å². The maximum absolute atomic E-state index is 10.4. The third-order valence-electron chi connectivity index (χ3n) is 5.48. The van der Waals surface area contributed by atoms with Crippen LogP contribution in [0, 0.1) is 0 Å². The molecule has 1 saturated heterocycles. The van der Waals surface area contributed by atoms with Crippen LogP contribution in [-0.4, -0.2) is 36.3 Å². The van der Waals surface area contributed by atoms with Crippen molar-refractivity contribution in [3.8, 4) is 0 Å². The Kier molecular flexibility index (Phi) is 8.42. The van der Waals surface area contributed by atoms with Gasteiger partial charge in [-0.15, -0.1) is 0 Å². The van der Waals surface area contributed by atoms with Crippen LogP contribution in [0.25, 0.3) is 0 Å². The van der Waals surface area contributed by atoms with Gasteiger partial charge in [-0.2, -0.15) is 0 Å². The average molecular weight is 435 g/mol. The summed E-state index contributed by atoms with van der Waals surface area (Å²) in [6.45, 7) is 1.65. The highest BCUT2D eigenvalue weighted by molar-refractivity contribution is 5.15. The van der Waals surface area contributed by atoms with Crippen molar-refractivity contribution in [3.05, 3.63) is 108 Å². The van der Waals surface area contributed by atoms with E-state index in [4.69, 9.17) is 18.9 Å². The van der Waals surface area contributed by atoms with Crippen LogP contribution in [0.4, 0.5) is 0 Å². The molecule has 4 atom stereocenters. The smallest absolute Gasteiger partial charge is 0.157 e. The minimum absolute atomic E-state index is 0.302. The lowest BCUT2D eigenvalue weighted by Gasteiger charge is -2.39. The SMILES string of the molecule is O[C@H]1C[C@H](OCc2ccccc2)[C@H](OCc2ccccc2)C(COCc2ccccc2)O1. The Bertz CT molecular complexity index is 903. The quantitative estimate of drug-likeness (QED) is 0.510. The molecule has 3 aromatic carbocycles. The van der Waals surface area contributed by atoms with Crippen molar-refractivity contribution in [3.63, 3.8) is 0 Å². The fourth-order valence-corrected chi connectivity index (χ4v) is 3.83. The fourth-order valence-electron chi connectivity index (χ4n) is 3.83. The molecule has 0 aromatic heterocycles. The van der Waals surface area contributed by atoms with Gasteiger partial charge in [-0.3, -0.25) is 0 Å². The van der Waals surface area contributed by atoms with Crippen molar-refractivity contribution in [2.24, 2.45) is 0 Å². The fraction of sp³-hybridized carbons (Fsp3) is 0.333. The van der Waals surface area contributed by atoms with Crippen LogP contribution in [0.2, 0.25) is 0 Å². The second kappa shape index (κ2) is 11.9. The van der Waals surface area contributed by atoms with Crippen molar-refractivity contribution < 1.29 is 24.1 Å². The summed E-state index contributed by atoms with van der Waals surface area (Å²) in [7, 11) is 0. The molecule has 0 saturated carbocycles. The number of ether oxygens (including phenoxy) is 4. The van der Waals surface area contributed by atoms with Crippen molar-refractivity contribution in [2.75, 3.05) is 6.61 Å². The van der Waals surface area contributed by atoms with Gasteiger partial charge in [-0.05, 0) is 16.7 Å². The highest BCUT2D eigenvalue weighted by Crippen LogP contribution is 2.27. The third kappa shape index (κ3) is 6.73. The van der Waals surface area contributed by atoms with E-state index in [0.29, 0.717) is 32.8 Å². The maximum atomic E-state index is 10.4. The van der Waals surface area contributed by atoms with E-state index in [0.717, 1.165) is 16.7 Å². The molecular formula is C27H30O5. The van der Waals surface area contributed by atoms with Crippen molar-refractivity contribution >= 4 is 0 Å². The standard InChI is InChI=1S/C27H30O5/c28-26-16-24(30-18-22-12-6-2-7-13-22)27(31-19-23-14-8-3-9-15-23)25(32-26)20-29-17-21-10-4-1-5-11-21/h1-15,24-28H,16-20H2/t24-,25?,26+,27-/m0/s1. The molecule has 1 unspecified atom stereocenters. The highest BCUT2D eigenvalue weighted by Gasteiger charge is 2.40. The molecule has 4 rings (SSSR count). The number of hydrogen-bond acceptors (Lipinski definition) is 5. The van der Waals surface area contributed by atoms with Crippen molar-refractivity contribution in [2.45, 2.75) is 50.8 Å². The molecule has 1 heterocycles. The Balaban J connectivity index is 1.42. The molecule has 1 N–H and O–H groups in total. The van der Waals surface area contributed by atoms with E-state index in [1.165, 1.54) is 0 Å². The van der Waals surface area contributed by atoms with Gasteiger partial charge in [0, 0.05) is 6.42 Å². The molecule has 0 radical (unpaired) electrons. The Labute approximate surface area is 189 Å². The second-order valence-electron chi connectivity index (χ2n) is 7.96. The van der Waals surface area contributed by atoms with E-state index in [1.54, 1.807) is 0 Å². The minimum atomic E-state index is -0.919. The summed E-state index contributed by atoms with van der Waals surface area (Å²) in [5.41, 5.74) is 3.24. The molecule has 0 aliphatic carbocycles. The summed E-state index contributed by atoms with van der Waals surface area (Å²) in [5.74, 6) is 0. The van der Waals surface area contributed by atoms with Gasteiger partial charge in [0.1, 0.15) is 12.2 Å². The van der Waals surface area contributed by atoms with Gasteiger partial charge in [0.15, 0.2) is 6.29 Å². The number of rotatable bonds is 10. The number of benzene rings is 3. The number of hydrogen-bond donors (Lipinski definition) is 1. The molecule has 0 bridgehead atoms. The summed E-state index contributed by atoms with van der Waals surface area (Å²) in [6.07, 6.45) is -1.68. The molecule has 168 valence electrons.